The average molecular weight is 85.0 g/mol. The molecule has 0 unspecified atom stereocenters. The van der Waals surface area contributed by atoms with Gasteiger partial charge in [0, 0.05) is 0 Å². The normalized spacial score (nSPS) is 6.00. The Balaban J connectivity index is 3.60. The standard InChI is InChI=1S/C2HN2O2/c3-2(6)4-1-5/h3H. The minimum absolute atomic E-state index is 0.905. The predicted octanol–water partition coefficient (Wildman–Crippen LogP) is -0.275. The molecule has 0 spiro atoms. The second-order valence-electron chi connectivity index (χ2n) is 0.508. The molecule has 0 atom stereocenters. The minimum atomic E-state index is -1.26. The van der Waals surface area contributed by atoms with Gasteiger partial charge in [-0.1, -0.05) is 0 Å². The Hall–Kier alpha value is -1.15. The Morgan fingerprint density at radius 2 is 2.33 bits per heavy atom. The molecule has 0 aromatic heterocycles. The van der Waals surface area contributed by atoms with E-state index in [1.807, 2.05) is 0 Å². The number of hydrogen-bond acceptors (Lipinski definition) is 2. The third-order valence-corrected chi connectivity index (χ3v) is 0.147. The molecule has 6 heavy (non-hydrogen) atoms. The summed E-state index contributed by atoms with van der Waals surface area (Å²) in [5.41, 5.74) is 5.91. The van der Waals surface area contributed by atoms with Crippen molar-refractivity contribution in [1.29, 1.82) is 0 Å². The van der Waals surface area contributed by atoms with Gasteiger partial charge in [0.15, 0.2) is 0 Å². The topological polar surface area (TPSA) is 70.3 Å². The van der Waals surface area contributed by atoms with E-state index in [1.165, 1.54) is 0 Å². The maximum absolute atomic E-state index is 9.28. The molecule has 1 radical (unpaired) electrons. The Morgan fingerprint density at radius 3 is 2.33 bits per heavy atom. The summed E-state index contributed by atoms with van der Waals surface area (Å²) >= 11 is 0. The molecule has 2 amide bonds. The van der Waals surface area contributed by atoms with Crippen molar-refractivity contribution in [2.45, 2.75) is 0 Å². The summed E-state index contributed by atoms with van der Waals surface area (Å²) in [5, 5.41) is 0. The Morgan fingerprint density at radius 1 is 1.83 bits per heavy atom. The monoisotopic (exact) mass is 85.0 g/mol. The van der Waals surface area contributed by atoms with E-state index in [0.29, 0.717) is 0 Å². The fourth-order valence-electron chi connectivity index (χ4n) is 0.0415. The fourth-order valence-corrected chi connectivity index (χ4v) is 0.0415. The quantitative estimate of drug-likeness (QED) is 0.300. The highest BCUT2D eigenvalue weighted by Gasteiger charge is 1.78. The molecule has 31 valence electrons. The van der Waals surface area contributed by atoms with Crippen LogP contribution in [0.5, 0.6) is 0 Å². The van der Waals surface area contributed by atoms with Crippen molar-refractivity contribution in [2.24, 2.45) is 4.99 Å². The Labute approximate surface area is 33.7 Å². The van der Waals surface area contributed by atoms with Crippen LogP contribution in [0.3, 0.4) is 0 Å². The lowest BCUT2D eigenvalue weighted by atomic mass is 11.1. The number of carbonyl (C=O) groups excluding carboxylic acids is 2. The smallest absolute Gasteiger partial charge is 0.245 e. The van der Waals surface area contributed by atoms with E-state index in [4.69, 9.17) is 10.5 Å². The van der Waals surface area contributed by atoms with Crippen LogP contribution in [-0.4, -0.2) is 12.1 Å². The molecule has 4 heteroatoms. The molecule has 0 heterocycles. The van der Waals surface area contributed by atoms with Crippen molar-refractivity contribution in [3.05, 3.63) is 0 Å². The number of amides is 2. The van der Waals surface area contributed by atoms with Gasteiger partial charge in [0.25, 0.3) is 0 Å². The molecule has 0 bridgehead atoms. The molecule has 1 N–H and O–H groups in total. The van der Waals surface area contributed by atoms with Crippen molar-refractivity contribution in [1.82, 2.24) is 5.73 Å². The third kappa shape index (κ3) is 2.85. The summed E-state index contributed by atoms with van der Waals surface area (Å²) in [6, 6.07) is -1.26. The molecule has 0 aliphatic carbocycles. The zero-order valence-corrected chi connectivity index (χ0v) is 2.76. The first kappa shape index (κ1) is 4.85. The molecule has 4 nitrogen and oxygen atoms in total. The highest BCUT2D eigenvalue weighted by atomic mass is 16.2. The number of nitrogens with zero attached hydrogens (tertiary/aromatic N) is 1. The van der Waals surface area contributed by atoms with Gasteiger partial charge in [-0.3, -0.25) is 0 Å². The maximum Gasteiger partial charge on any atom is 0.370 e. The molecule has 0 saturated heterocycles. The van der Waals surface area contributed by atoms with Crippen molar-refractivity contribution in [2.75, 3.05) is 0 Å². The van der Waals surface area contributed by atoms with E-state index in [9.17, 15) is 4.79 Å². The molecule has 0 aromatic carbocycles. The Kier molecular flexibility index (Phi) is 1.71. The highest BCUT2D eigenvalue weighted by molar-refractivity contribution is 5.76. The number of rotatable bonds is 0. The average Bonchev–Trinajstić information content (AvgIpc) is 1.35. The molecule has 0 saturated carbocycles. The summed E-state index contributed by atoms with van der Waals surface area (Å²) in [7, 11) is 0. The predicted molar refractivity (Wildman–Crippen MR) is 16.6 cm³/mol. The van der Waals surface area contributed by atoms with Gasteiger partial charge in [-0.15, -0.1) is 4.99 Å². The van der Waals surface area contributed by atoms with Crippen LogP contribution in [0.1, 0.15) is 0 Å². The van der Waals surface area contributed by atoms with Gasteiger partial charge >= 0.3 is 6.03 Å². The van der Waals surface area contributed by atoms with Gasteiger partial charge in [0.1, 0.15) is 0 Å². The molecular formula is C2HN2O2. The van der Waals surface area contributed by atoms with Gasteiger partial charge in [-0.05, 0) is 0 Å². The first-order valence-electron chi connectivity index (χ1n) is 1.11. The number of hydrogen-bond donors (Lipinski definition) is 0. The fraction of sp³-hybridized carbons (Fsp3) is 0. The summed E-state index contributed by atoms with van der Waals surface area (Å²) < 4.78 is 0. The van der Waals surface area contributed by atoms with Gasteiger partial charge in [0.05, 0.1) is 0 Å². The second kappa shape index (κ2) is 2.11. The van der Waals surface area contributed by atoms with Crippen LogP contribution in [-0.2, 0) is 4.79 Å². The van der Waals surface area contributed by atoms with E-state index < -0.39 is 6.03 Å². The molecule has 0 fully saturated rings. The van der Waals surface area contributed by atoms with Crippen molar-refractivity contribution in [3.63, 3.8) is 0 Å². The lowest BCUT2D eigenvalue weighted by Gasteiger charge is -1.60. The van der Waals surface area contributed by atoms with Crippen LogP contribution in [0.4, 0.5) is 4.79 Å². The van der Waals surface area contributed by atoms with Crippen LogP contribution in [0.15, 0.2) is 4.99 Å². The Bertz CT molecular complexity index is 102. The van der Waals surface area contributed by atoms with Gasteiger partial charge in [-0.2, -0.15) is 0 Å². The van der Waals surface area contributed by atoms with Gasteiger partial charge in [-0.25, -0.2) is 15.3 Å². The van der Waals surface area contributed by atoms with E-state index in [1.54, 1.807) is 0 Å². The number of aliphatic imine (C=N–C) groups is 1. The SMILES string of the molecule is [NH]C(=O)N=C=O. The van der Waals surface area contributed by atoms with Crippen LogP contribution in [0.2, 0.25) is 0 Å². The third-order valence-electron chi connectivity index (χ3n) is 0.147. The van der Waals surface area contributed by atoms with Crippen LogP contribution in [0.25, 0.3) is 0 Å². The molecule has 0 aliphatic rings. The number of urea groups is 1. The van der Waals surface area contributed by atoms with E-state index in [0.717, 1.165) is 6.08 Å². The molecular weight excluding hydrogens is 84.0 g/mol. The molecule has 0 rings (SSSR count). The maximum atomic E-state index is 9.28. The first-order valence-corrected chi connectivity index (χ1v) is 1.11. The summed E-state index contributed by atoms with van der Waals surface area (Å²) in [6.45, 7) is 0. The number of isocyanates is 1. The van der Waals surface area contributed by atoms with Crippen molar-refractivity contribution < 1.29 is 9.59 Å². The van der Waals surface area contributed by atoms with Gasteiger partial charge < -0.3 is 0 Å². The van der Waals surface area contributed by atoms with E-state index >= 15 is 0 Å². The lowest BCUT2D eigenvalue weighted by molar-refractivity contribution is 0.255. The highest BCUT2D eigenvalue weighted by Crippen LogP contribution is 1.59. The van der Waals surface area contributed by atoms with E-state index in [-0.39, 0.29) is 0 Å². The van der Waals surface area contributed by atoms with Crippen molar-refractivity contribution >= 4 is 12.1 Å². The largest absolute Gasteiger partial charge is 0.370 e. The molecule has 0 aliphatic heterocycles. The zero-order valence-electron chi connectivity index (χ0n) is 2.76. The number of carbonyl (C=O) groups is 1. The van der Waals surface area contributed by atoms with Crippen LogP contribution in [0, 0.1) is 0 Å². The zero-order chi connectivity index (χ0) is 4.99. The van der Waals surface area contributed by atoms with E-state index in [2.05, 4.69) is 4.99 Å². The van der Waals surface area contributed by atoms with Gasteiger partial charge in [0.2, 0.25) is 6.08 Å². The van der Waals surface area contributed by atoms with Crippen LogP contribution < -0.4 is 5.73 Å². The summed E-state index contributed by atoms with van der Waals surface area (Å²) in [6.07, 6.45) is 0.905. The lowest BCUT2D eigenvalue weighted by Crippen LogP contribution is -1.84. The van der Waals surface area contributed by atoms with Crippen molar-refractivity contribution in [3.8, 4) is 0 Å². The first-order chi connectivity index (χ1) is 2.77. The van der Waals surface area contributed by atoms with Crippen LogP contribution >= 0.6 is 0 Å². The second-order valence-corrected chi connectivity index (χ2v) is 0.508. The minimum Gasteiger partial charge on any atom is -0.245 e. The summed E-state index contributed by atoms with van der Waals surface area (Å²) in [5.74, 6) is 0. The number of nitrogens with one attached hydrogen (secondary N) is 1. The molecule has 0 aromatic rings. The summed E-state index contributed by atoms with van der Waals surface area (Å²) in [4.78, 5) is 20.6.